The SMILES string of the molecule is CC(C)CCC[C@@H](C)[C@H]1CC[C@H]2[C@@H]3CC[C@H]4C[C@H](O)[C@@H](I)C[C@]4(C)[C@H]3CC[C@]12C. The maximum Gasteiger partial charge on any atom is 0.0660 e. The van der Waals surface area contributed by atoms with Crippen molar-refractivity contribution in [3.8, 4) is 0 Å². The van der Waals surface area contributed by atoms with Crippen molar-refractivity contribution >= 4 is 22.6 Å². The Kier molecular flexibility index (Phi) is 6.75. The zero-order valence-corrected chi connectivity index (χ0v) is 22.0. The second kappa shape index (κ2) is 8.56. The fourth-order valence-electron chi connectivity index (χ4n) is 9.26. The lowest BCUT2D eigenvalue weighted by atomic mass is 9.44. The summed E-state index contributed by atoms with van der Waals surface area (Å²) < 4.78 is 0.471. The molecule has 4 rings (SSSR count). The lowest BCUT2D eigenvalue weighted by Crippen LogP contribution is -2.56. The van der Waals surface area contributed by atoms with Gasteiger partial charge in [0.1, 0.15) is 0 Å². The largest absolute Gasteiger partial charge is 0.392 e. The molecule has 29 heavy (non-hydrogen) atoms. The van der Waals surface area contributed by atoms with Gasteiger partial charge in [-0.15, -0.1) is 0 Å². The van der Waals surface area contributed by atoms with Gasteiger partial charge in [0, 0.05) is 3.92 Å². The van der Waals surface area contributed by atoms with Gasteiger partial charge in [-0.3, -0.25) is 0 Å². The Morgan fingerprint density at radius 3 is 2.38 bits per heavy atom. The van der Waals surface area contributed by atoms with Crippen LogP contribution >= 0.6 is 22.6 Å². The van der Waals surface area contributed by atoms with Crippen molar-refractivity contribution in [2.45, 2.75) is 115 Å². The highest BCUT2D eigenvalue weighted by Crippen LogP contribution is 2.68. The number of hydrogen-bond donors (Lipinski definition) is 1. The van der Waals surface area contributed by atoms with Gasteiger partial charge >= 0.3 is 0 Å². The van der Waals surface area contributed by atoms with E-state index in [1.807, 2.05) is 0 Å². The molecule has 1 N–H and O–H groups in total. The quantitative estimate of drug-likeness (QED) is 0.292. The molecular weight excluding hydrogens is 467 g/mol. The number of aliphatic hydroxyl groups excluding tert-OH is 1. The lowest BCUT2D eigenvalue weighted by Gasteiger charge is -2.61. The number of aliphatic hydroxyl groups is 1. The van der Waals surface area contributed by atoms with Crippen LogP contribution in [0, 0.1) is 52.3 Å². The minimum atomic E-state index is -0.0540. The van der Waals surface area contributed by atoms with Gasteiger partial charge in [-0.25, -0.2) is 0 Å². The molecule has 0 aliphatic heterocycles. The van der Waals surface area contributed by atoms with E-state index in [9.17, 15) is 5.11 Å². The molecular formula is C27H47IO. The Morgan fingerprint density at radius 2 is 1.66 bits per heavy atom. The highest BCUT2D eigenvalue weighted by Gasteiger charge is 2.61. The molecule has 0 unspecified atom stereocenters. The van der Waals surface area contributed by atoms with Gasteiger partial charge in [-0.1, -0.05) is 76.5 Å². The van der Waals surface area contributed by atoms with E-state index >= 15 is 0 Å². The molecule has 0 heterocycles. The molecule has 0 aromatic heterocycles. The van der Waals surface area contributed by atoms with Crippen molar-refractivity contribution in [1.29, 1.82) is 0 Å². The van der Waals surface area contributed by atoms with Crippen LogP contribution < -0.4 is 0 Å². The molecule has 2 heteroatoms. The second-order valence-electron chi connectivity index (χ2n) is 12.7. The maximum absolute atomic E-state index is 10.5. The molecule has 10 atom stereocenters. The van der Waals surface area contributed by atoms with Crippen molar-refractivity contribution in [2.24, 2.45) is 52.3 Å². The average molecular weight is 515 g/mol. The van der Waals surface area contributed by atoms with E-state index in [0.717, 1.165) is 47.8 Å². The number of hydrogen-bond acceptors (Lipinski definition) is 1. The van der Waals surface area contributed by atoms with Gasteiger partial charge in [-0.2, -0.15) is 0 Å². The molecule has 0 amide bonds. The lowest BCUT2D eigenvalue weighted by molar-refractivity contribution is -0.126. The molecule has 168 valence electrons. The van der Waals surface area contributed by atoms with Crippen LogP contribution in [0.1, 0.15) is 105 Å². The average Bonchev–Trinajstić information content (AvgIpc) is 3.00. The van der Waals surface area contributed by atoms with Crippen LogP contribution in [0.3, 0.4) is 0 Å². The standard InChI is InChI=1S/C27H47IO/c1-17(2)7-6-8-18(3)21-11-12-22-20-10-9-19-15-25(29)24(28)16-27(19,5)23(20)13-14-26(21,22)4/h17-25,29H,6-16H2,1-5H3/t18-,19+,20+,21-,22+,23+,24+,25+,26-,27+/m1/s1. The summed E-state index contributed by atoms with van der Waals surface area (Å²) in [6.45, 7) is 12.7. The van der Waals surface area contributed by atoms with Crippen molar-refractivity contribution in [1.82, 2.24) is 0 Å². The molecule has 4 aliphatic carbocycles. The molecule has 0 saturated heterocycles. The maximum atomic E-state index is 10.5. The summed E-state index contributed by atoms with van der Waals surface area (Å²) in [6, 6.07) is 0. The molecule has 4 aliphatic rings. The summed E-state index contributed by atoms with van der Waals surface area (Å²) in [5.41, 5.74) is 1.11. The molecule has 0 radical (unpaired) electrons. The Labute approximate surface area is 194 Å². The Morgan fingerprint density at radius 1 is 0.931 bits per heavy atom. The van der Waals surface area contributed by atoms with E-state index in [1.165, 1.54) is 64.2 Å². The summed E-state index contributed by atoms with van der Waals surface area (Å²) in [6.07, 6.45) is 15.4. The topological polar surface area (TPSA) is 20.2 Å². The highest BCUT2D eigenvalue weighted by molar-refractivity contribution is 14.1. The van der Waals surface area contributed by atoms with Gasteiger partial charge in [0.2, 0.25) is 0 Å². The third-order valence-electron chi connectivity index (χ3n) is 10.8. The molecule has 1 nitrogen and oxygen atoms in total. The monoisotopic (exact) mass is 514 g/mol. The summed E-state index contributed by atoms with van der Waals surface area (Å²) in [5.74, 6) is 6.40. The minimum Gasteiger partial charge on any atom is -0.392 e. The van der Waals surface area contributed by atoms with Crippen LogP contribution in [0.15, 0.2) is 0 Å². The van der Waals surface area contributed by atoms with Gasteiger partial charge in [0.05, 0.1) is 6.10 Å². The Bertz CT molecular complexity index is 575. The summed E-state index contributed by atoms with van der Waals surface area (Å²) >= 11 is 2.56. The Balaban J connectivity index is 1.47. The first kappa shape index (κ1) is 22.9. The van der Waals surface area contributed by atoms with Crippen LogP contribution in [0.4, 0.5) is 0 Å². The second-order valence-corrected chi connectivity index (χ2v) is 14.3. The molecule has 0 spiro atoms. The molecule has 4 saturated carbocycles. The molecule has 0 aromatic carbocycles. The summed E-state index contributed by atoms with van der Waals surface area (Å²) in [7, 11) is 0. The van der Waals surface area contributed by atoms with Crippen molar-refractivity contribution in [2.75, 3.05) is 0 Å². The third-order valence-corrected chi connectivity index (χ3v) is 12.1. The van der Waals surface area contributed by atoms with E-state index < -0.39 is 0 Å². The minimum absolute atomic E-state index is 0.0540. The summed E-state index contributed by atoms with van der Waals surface area (Å²) in [4.78, 5) is 0. The fourth-order valence-corrected chi connectivity index (χ4v) is 10.5. The normalized spacial score (nSPS) is 50.7. The van der Waals surface area contributed by atoms with E-state index in [-0.39, 0.29) is 6.10 Å². The predicted molar refractivity (Wildman–Crippen MR) is 132 cm³/mol. The van der Waals surface area contributed by atoms with Crippen LogP contribution in [-0.2, 0) is 0 Å². The first-order chi connectivity index (χ1) is 13.7. The van der Waals surface area contributed by atoms with E-state index in [1.54, 1.807) is 0 Å². The van der Waals surface area contributed by atoms with E-state index in [4.69, 9.17) is 0 Å². The first-order valence-corrected chi connectivity index (χ1v) is 14.2. The zero-order valence-electron chi connectivity index (χ0n) is 19.8. The van der Waals surface area contributed by atoms with E-state index in [2.05, 4.69) is 57.2 Å². The fraction of sp³-hybridized carbons (Fsp3) is 1.00. The number of fused-ring (bicyclic) bond motifs is 5. The molecule has 4 fully saturated rings. The molecule has 0 bridgehead atoms. The van der Waals surface area contributed by atoms with Gasteiger partial charge < -0.3 is 5.11 Å². The van der Waals surface area contributed by atoms with Crippen molar-refractivity contribution < 1.29 is 5.11 Å². The van der Waals surface area contributed by atoms with Gasteiger partial charge in [0.25, 0.3) is 0 Å². The predicted octanol–water partition coefficient (Wildman–Crippen LogP) is 7.88. The zero-order chi connectivity index (χ0) is 21.0. The van der Waals surface area contributed by atoms with Crippen LogP contribution in [0.25, 0.3) is 0 Å². The van der Waals surface area contributed by atoms with Crippen molar-refractivity contribution in [3.63, 3.8) is 0 Å². The third kappa shape index (κ3) is 3.98. The van der Waals surface area contributed by atoms with Crippen LogP contribution in [0.2, 0.25) is 0 Å². The number of rotatable bonds is 5. The first-order valence-electron chi connectivity index (χ1n) is 13.0. The smallest absolute Gasteiger partial charge is 0.0660 e. The molecule has 0 aromatic rings. The van der Waals surface area contributed by atoms with Gasteiger partial charge in [-0.05, 0) is 104 Å². The number of alkyl halides is 1. The van der Waals surface area contributed by atoms with Crippen LogP contribution in [0.5, 0.6) is 0 Å². The highest BCUT2D eigenvalue weighted by atomic mass is 127. The van der Waals surface area contributed by atoms with Gasteiger partial charge in [0.15, 0.2) is 0 Å². The van der Waals surface area contributed by atoms with Crippen molar-refractivity contribution in [3.05, 3.63) is 0 Å². The summed E-state index contributed by atoms with van der Waals surface area (Å²) in [5, 5.41) is 10.5. The number of halogens is 1. The Hall–Kier alpha value is 0.690. The van der Waals surface area contributed by atoms with E-state index in [0.29, 0.717) is 14.8 Å². The van der Waals surface area contributed by atoms with Crippen LogP contribution in [-0.4, -0.2) is 15.1 Å².